The first-order chi connectivity index (χ1) is 8.61. The van der Waals surface area contributed by atoms with Gasteiger partial charge in [-0.15, -0.1) is 0 Å². The zero-order valence-electron chi connectivity index (χ0n) is 10.0. The van der Waals surface area contributed by atoms with E-state index in [0.717, 1.165) is 5.56 Å². The molecule has 0 bridgehead atoms. The minimum atomic E-state index is -0.622. The number of amides is 1. The Balaban J connectivity index is 2.16. The third kappa shape index (κ3) is 2.41. The van der Waals surface area contributed by atoms with Gasteiger partial charge < -0.3 is 5.32 Å². The summed E-state index contributed by atoms with van der Waals surface area (Å²) in [5, 5.41) is 19.6. The van der Waals surface area contributed by atoms with Gasteiger partial charge in [0.15, 0.2) is 0 Å². The SMILES string of the molecule is Cc1nn(C)cc1C(=O)NC(C#N)c1ccsc1. The number of aryl methyl sites for hydroxylation is 2. The number of carbonyl (C=O) groups is 1. The van der Waals surface area contributed by atoms with Gasteiger partial charge in [0.2, 0.25) is 0 Å². The molecular weight excluding hydrogens is 248 g/mol. The van der Waals surface area contributed by atoms with Crippen LogP contribution < -0.4 is 5.32 Å². The summed E-state index contributed by atoms with van der Waals surface area (Å²) in [4.78, 5) is 12.0. The van der Waals surface area contributed by atoms with Crippen molar-refractivity contribution in [1.29, 1.82) is 5.26 Å². The number of rotatable bonds is 3. The number of hydrogen-bond acceptors (Lipinski definition) is 4. The van der Waals surface area contributed by atoms with E-state index >= 15 is 0 Å². The lowest BCUT2D eigenvalue weighted by Crippen LogP contribution is -2.27. The Morgan fingerprint density at radius 1 is 1.67 bits per heavy atom. The van der Waals surface area contributed by atoms with Crippen LogP contribution in [0.4, 0.5) is 0 Å². The van der Waals surface area contributed by atoms with Gasteiger partial charge in [-0.05, 0) is 29.3 Å². The van der Waals surface area contributed by atoms with Gasteiger partial charge in [0.1, 0.15) is 6.04 Å². The van der Waals surface area contributed by atoms with Crippen LogP contribution in [0.3, 0.4) is 0 Å². The van der Waals surface area contributed by atoms with E-state index in [0.29, 0.717) is 11.3 Å². The molecule has 2 aromatic heterocycles. The van der Waals surface area contributed by atoms with Crippen molar-refractivity contribution < 1.29 is 4.79 Å². The topological polar surface area (TPSA) is 70.7 Å². The molecule has 0 spiro atoms. The second-order valence-electron chi connectivity index (χ2n) is 3.89. The Labute approximate surface area is 109 Å². The molecule has 1 unspecified atom stereocenters. The van der Waals surface area contributed by atoms with Crippen molar-refractivity contribution in [3.63, 3.8) is 0 Å². The lowest BCUT2D eigenvalue weighted by Gasteiger charge is -2.09. The maximum Gasteiger partial charge on any atom is 0.256 e. The molecule has 0 saturated heterocycles. The van der Waals surface area contributed by atoms with Gasteiger partial charge in [-0.1, -0.05) is 0 Å². The monoisotopic (exact) mass is 260 g/mol. The van der Waals surface area contributed by atoms with E-state index in [9.17, 15) is 4.79 Å². The van der Waals surface area contributed by atoms with E-state index in [1.54, 1.807) is 24.9 Å². The summed E-state index contributed by atoms with van der Waals surface area (Å²) in [6.07, 6.45) is 1.65. The van der Waals surface area contributed by atoms with Crippen molar-refractivity contribution in [1.82, 2.24) is 15.1 Å². The molecule has 0 saturated carbocycles. The second kappa shape index (κ2) is 5.02. The molecule has 0 fully saturated rings. The van der Waals surface area contributed by atoms with Crippen molar-refractivity contribution in [2.24, 2.45) is 7.05 Å². The predicted octanol–water partition coefficient (Wildman–Crippen LogP) is 1.78. The zero-order chi connectivity index (χ0) is 13.1. The Hall–Kier alpha value is -2.13. The molecule has 0 aliphatic heterocycles. The summed E-state index contributed by atoms with van der Waals surface area (Å²) >= 11 is 1.49. The minimum absolute atomic E-state index is 0.279. The smallest absolute Gasteiger partial charge is 0.256 e. The van der Waals surface area contributed by atoms with Crippen LogP contribution in [0.1, 0.15) is 27.7 Å². The third-order valence-corrected chi connectivity index (χ3v) is 3.24. The number of nitrogens with zero attached hydrogens (tertiary/aromatic N) is 3. The van der Waals surface area contributed by atoms with Crippen LogP contribution in [0, 0.1) is 18.3 Å². The Morgan fingerprint density at radius 2 is 2.44 bits per heavy atom. The first-order valence-electron chi connectivity index (χ1n) is 5.34. The van der Waals surface area contributed by atoms with E-state index < -0.39 is 6.04 Å². The largest absolute Gasteiger partial charge is 0.332 e. The standard InChI is InChI=1S/C12H12N4OS/c1-8-10(6-16(2)15-8)12(17)14-11(5-13)9-3-4-18-7-9/h3-4,6-7,11H,1-2H3,(H,14,17). The quantitative estimate of drug-likeness (QED) is 0.914. The Kier molecular flexibility index (Phi) is 3.44. The highest BCUT2D eigenvalue weighted by atomic mass is 32.1. The average Bonchev–Trinajstić information content (AvgIpc) is 2.95. The number of nitriles is 1. The van der Waals surface area contributed by atoms with Crippen molar-refractivity contribution >= 4 is 17.2 Å². The number of hydrogen-bond donors (Lipinski definition) is 1. The van der Waals surface area contributed by atoms with Gasteiger partial charge >= 0.3 is 0 Å². The normalized spacial score (nSPS) is 11.8. The van der Waals surface area contributed by atoms with Crippen molar-refractivity contribution in [3.05, 3.63) is 39.8 Å². The molecule has 1 N–H and O–H groups in total. The molecule has 6 heteroatoms. The summed E-state index contributed by atoms with van der Waals surface area (Å²) < 4.78 is 1.58. The highest BCUT2D eigenvalue weighted by molar-refractivity contribution is 7.08. The summed E-state index contributed by atoms with van der Waals surface area (Å²) in [7, 11) is 1.75. The number of thiophene rings is 1. The summed E-state index contributed by atoms with van der Waals surface area (Å²) in [5.74, 6) is -0.279. The number of carbonyl (C=O) groups excluding carboxylic acids is 1. The predicted molar refractivity (Wildman–Crippen MR) is 68.1 cm³/mol. The fourth-order valence-corrected chi connectivity index (χ4v) is 2.35. The van der Waals surface area contributed by atoms with E-state index in [1.807, 2.05) is 16.8 Å². The molecule has 0 radical (unpaired) electrons. The molecule has 18 heavy (non-hydrogen) atoms. The van der Waals surface area contributed by atoms with Crippen molar-refractivity contribution in [2.75, 3.05) is 0 Å². The lowest BCUT2D eigenvalue weighted by atomic mass is 10.1. The van der Waals surface area contributed by atoms with Crippen LogP contribution in [0.15, 0.2) is 23.0 Å². The van der Waals surface area contributed by atoms with Gasteiger partial charge in [0, 0.05) is 13.2 Å². The fraction of sp³-hybridized carbons (Fsp3) is 0.250. The molecule has 2 heterocycles. The van der Waals surface area contributed by atoms with Gasteiger partial charge in [0.05, 0.1) is 17.3 Å². The molecule has 5 nitrogen and oxygen atoms in total. The molecule has 1 amide bonds. The van der Waals surface area contributed by atoms with E-state index in [1.165, 1.54) is 11.3 Å². The van der Waals surface area contributed by atoms with Crippen LogP contribution in [0.2, 0.25) is 0 Å². The maximum atomic E-state index is 12.0. The van der Waals surface area contributed by atoms with Crippen LogP contribution >= 0.6 is 11.3 Å². The molecule has 0 aromatic carbocycles. The molecule has 2 rings (SSSR count). The summed E-state index contributed by atoms with van der Waals surface area (Å²) in [6, 6.07) is 3.29. The van der Waals surface area contributed by atoms with Crippen molar-refractivity contribution in [2.45, 2.75) is 13.0 Å². The molecule has 1 atom stereocenters. The van der Waals surface area contributed by atoms with E-state index in [4.69, 9.17) is 5.26 Å². The molecular formula is C12H12N4OS. The number of nitrogens with one attached hydrogen (secondary N) is 1. The Morgan fingerprint density at radius 3 is 2.94 bits per heavy atom. The van der Waals surface area contributed by atoms with E-state index in [2.05, 4.69) is 16.5 Å². The van der Waals surface area contributed by atoms with Crippen LogP contribution in [0.25, 0.3) is 0 Å². The second-order valence-corrected chi connectivity index (χ2v) is 4.67. The Bertz CT molecular complexity index is 594. The third-order valence-electron chi connectivity index (χ3n) is 2.54. The van der Waals surface area contributed by atoms with Crippen molar-refractivity contribution in [3.8, 4) is 6.07 Å². The molecule has 2 aromatic rings. The number of aromatic nitrogens is 2. The summed E-state index contributed by atoms with van der Waals surface area (Å²) in [6.45, 7) is 1.76. The van der Waals surface area contributed by atoms with Gasteiger partial charge in [-0.25, -0.2) is 0 Å². The molecule has 0 aliphatic carbocycles. The average molecular weight is 260 g/mol. The van der Waals surface area contributed by atoms with Crippen LogP contribution in [0.5, 0.6) is 0 Å². The summed E-state index contributed by atoms with van der Waals surface area (Å²) in [5.41, 5.74) is 1.95. The van der Waals surface area contributed by atoms with E-state index in [-0.39, 0.29) is 5.91 Å². The zero-order valence-corrected chi connectivity index (χ0v) is 10.9. The highest BCUT2D eigenvalue weighted by Crippen LogP contribution is 2.16. The van der Waals surface area contributed by atoms with Crippen LogP contribution in [-0.4, -0.2) is 15.7 Å². The van der Waals surface area contributed by atoms with Gasteiger partial charge in [0.25, 0.3) is 5.91 Å². The van der Waals surface area contributed by atoms with Crippen LogP contribution in [-0.2, 0) is 7.05 Å². The van der Waals surface area contributed by atoms with Gasteiger partial charge in [-0.2, -0.15) is 21.7 Å². The van der Waals surface area contributed by atoms with Gasteiger partial charge in [-0.3, -0.25) is 9.48 Å². The molecule has 92 valence electrons. The fourth-order valence-electron chi connectivity index (χ4n) is 1.66. The first-order valence-corrected chi connectivity index (χ1v) is 6.29. The lowest BCUT2D eigenvalue weighted by molar-refractivity contribution is 0.0944. The maximum absolute atomic E-state index is 12.0. The highest BCUT2D eigenvalue weighted by Gasteiger charge is 2.18. The minimum Gasteiger partial charge on any atom is -0.332 e. The molecule has 0 aliphatic rings. The first kappa shape index (κ1) is 12.3.